The third kappa shape index (κ3) is 5.74. The van der Waals surface area contributed by atoms with E-state index in [4.69, 9.17) is 15.1 Å². The molecule has 8 heteroatoms. The summed E-state index contributed by atoms with van der Waals surface area (Å²) >= 11 is 0. The molecule has 37 heavy (non-hydrogen) atoms. The average Bonchev–Trinajstić information content (AvgIpc) is 2.90. The number of nitrogens with zero attached hydrogens (tertiary/aromatic N) is 3. The van der Waals surface area contributed by atoms with Gasteiger partial charge in [-0.15, -0.1) is 0 Å². The minimum atomic E-state index is -0.349. The first-order valence-electron chi connectivity index (χ1n) is 13.0. The van der Waals surface area contributed by atoms with E-state index in [1.807, 2.05) is 37.3 Å². The second-order valence-corrected chi connectivity index (χ2v) is 9.40. The Kier molecular flexibility index (Phi) is 8.38. The number of pyridine rings is 2. The monoisotopic (exact) mass is 501 g/mol. The molecule has 1 aromatic carbocycles. The number of carbonyl (C=O) groups is 1. The molecule has 0 aliphatic heterocycles. The van der Waals surface area contributed by atoms with E-state index in [-0.39, 0.29) is 29.1 Å². The van der Waals surface area contributed by atoms with Crippen molar-refractivity contribution in [2.75, 3.05) is 13.7 Å². The number of aryl methyl sites for hydroxylation is 1. The van der Waals surface area contributed by atoms with Crippen LogP contribution in [0.1, 0.15) is 66.9 Å². The Balaban J connectivity index is 1.74. The number of ether oxygens (including phenoxy) is 1. The number of amides is 1. The number of fused-ring (bicyclic) bond motifs is 2. The maximum atomic E-state index is 13.5. The lowest BCUT2D eigenvalue weighted by Gasteiger charge is -2.15. The van der Waals surface area contributed by atoms with Crippen molar-refractivity contribution in [3.8, 4) is 5.75 Å². The number of benzene rings is 1. The predicted molar refractivity (Wildman–Crippen MR) is 145 cm³/mol. The minimum Gasteiger partial charge on any atom is -0.497 e. The molecule has 0 saturated carbocycles. The third-order valence-corrected chi connectivity index (χ3v) is 6.69. The van der Waals surface area contributed by atoms with Gasteiger partial charge in [0.2, 0.25) is 0 Å². The van der Waals surface area contributed by atoms with E-state index in [9.17, 15) is 9.59 Å². The van der Waals surface area contributed by atoms with Crippen LogP contribution in [0.2, 0.25) is 0 Å². The highest BCUT2D eigenvalue weighted by Crippen LogP contribution is 2.16. The number of aromatic nitrogens is 3. The van der Waals surface area contributed by atoms with Crippen molar-refractivity contribution >= 4 is 22.6 Å². The van der Waals surface area contributed by atoms with Crippen LogP contribution in [-0.2, 0) is 6.54 Å². The van der Waals surface area contributed by atoms with E-state index in [0.717, 1.165) is 36.1 Å². The lowest BCUT2D eigenvalue weighted by molar-refractivity contribution is 0.0950. The summed E-state index contributed by atoms with van der Waals surface area (Å²) in [6.45, 7) is 4.91. The van der Waals surface area contributed by atoms with E-state index in [1.165, 1.54) is 29.7 Å². The topological polar surface area (TPSA) is 101 Å². The molecule has 4 aromatic rings. The van der Waals surface area contributed by atoms with E-state index >= 15 is 0 Å². The first-order chi connectivity index (χ1) is 17.9. The smallest absolute Gasteiger partial charge is 0.267 e. The molecule has 194 valence electrons. The summed E-state index contributed by atoms with van der Waals surface area (Å²) in [5.41, 5.74) is 2.59. The van der Waals surface area contributed by atoms with Gasteiger partial charge >= 0.3 is 0 Å². The molecular weight excluding hydrogens is 466 g/mol. The first-order valence-corrected chi connectivity index (χ1v) is 13.0. The molecule has 3 aromatic heterocycles. The Hall–Kier alpha value is -3.94. The predicted octanol–water partition coefficient (Wildman–Crippen LogP) is 4.58. The molecule has 8 nitrogen and oxygen atoms in total. The van der Waals surface area contributed by atoms with Gasteiger partial charge in [-0.25, -0.2) is 4.98 Å². The van der Waals surface area contributed by atoms with Gasteiger partial charge in [-0.2, -0.15) is 0 Å². The van der Waals surface area contributed by atoms with Crippen LogP contribution in [0.15, 0.2) is 53.5 Å². The number of rotatable bonds is 11. The lowest BCUT2D eigenvalue weighted by Crippen LogP contribution is -2.35. The maximum Gasteiger partial charge on any atom is 0.267 e. The first kappa shape index (κ1) is 26.1. The van der Waals surface area contributed by atoms with Crippen molar-refractivity contribution in [1.29, 1.82) is 5.41 Å². The SMILES string of the molecule is CCCCCCCCNC(=O)c1cc2c(=O)n3cccc(C)c3nc2n(Cc2ccc(OC)cc2)c1=N. The normalized spacial score (nSPS) is 11.2. The fourth-order valence-electron chi connectivity index (χ4n) is 4.54. The molecule has 0 spiro atoms. The largest absolute Gasteiger partial charge is 0.497 e. The number of nitrogens with one attached hydrogen (secondary N) is 2. The summed E-state index contributed by atoms with van der Waals surface area (Å²) in [6, 6.07) is 12.7. The van der Waals surface area contributed by atoms with E-state index < -0.39 is 0 Å². The van der Waals surface area contributed by atoms with Crippen LogP contribution in [0.5, 0.6) is 5.75 Å². The molecule has 0 atom stereocenters. The minimum absolute atomic E-state index is 0.0219. The highest BCUT2D eigenvalue weighted by Gasteiger charge is 2.18. The van der Waals surface area contributed by atoms with Gasteiger partial charge in [0.05, 0.1) is 24.6 Å². The molecule has 2 N–H and O–H groups in total. The third-order valence-electron chi connectivity index (χ3n) is 6.69. The molecule has 0 fully saturated rings. The van der Waals surface area contributed by atoms with Crippen LogP contribution in [0.25, 0.3) is 16.7 Å². The zero-order valence-electron chi connectivity index (χ0n) is 21.8. The van der Waals surface area contributed by atoms with E-state index in [0.29, 0.717) is 23.2 Å². The van der Waals surface area contributed by atoms with Gasteiger partial charge in [-0.1, -0.05) is 57.2 Å². The highest BCUT2D eigenvalue weighted by atomic mass is 16.5. The van der Waals surface area contributed by atoms with Crippen molar-refractivity contribution in [2.24, 2.45) is 0 Å². The Morgan fingerprint density at radius 3 is 2.51 bits per heavy atom. The van der Waals surface area contributed by atoms with Crippen LogP contribution in [0.3, 0.4) is 0 Å². The van der Waals surface area contributed by atoms with Gasteiger partial charge in [-0.05, 0) is 48.7 Å². The second-order valence-electron chi connectivity index (χ2n) is 9.40. The Bertz CT molecular complexity index is 1520. The molecule has 0 aliphatic rings. The molecule has 0 saturated heterocycles. The average molecular weight is 502 g/mol. The second kappa shape index (κ2) is 11.9. The molecule has 0 unspecified atom stereocenters. The Morgan fingerprint density at radius 2 is 1.78 bits per heavy atom. The van der Waals surface area contributed by atoms with Crippen molar-refractivity contribution in [1.82, 2.24) is 19.3 Å². The number of hydrogen-bond donors (Lipinski definition) is 2. The summed E-state index contributed by atoms with van der Waals surface area (Å²) in [5, 5.41) is 12.2. The van der Waals surface area contributed by atoms with Gasteiger partial charge in [0.15, 0.2) is 0 Å². The molecule has 3 heterocycles. The lowest BCUT2D eigenvalue weighted by atomic mass is 10.1. The van der Waals surface area contributed by atoms with Crippen LogP contribution in [0.4, 0.5) is 0 Å². The summed E-state index contributed by atoms with van der Waals surface area (Å²) < 4.78 is 8.40. The Labute approximate surface area is 216 Å². The fraction of sp³-hybridized carbons (Fsp3) is 0.379. The van der Waals surface area contributed by atoms with Crippen LogP contribution >= 0.6 is 0 Å². The van der Waals surface area contributed by atoms with E-state index in [1.54, 1.807) is 23.9 Å². The molecular formula is C29H35N5O3. The van der Waals surface area contributed by atoms with Crippen molar-refractivity contribution in [3.05, 3.63) is 81.2 Å². The van der Waals surface area contributed by atoms with Crippen LogP contribution in [0, 0.1) is 12.3 Å². The number of unbranched alkanes of at least 4 members (excludes halogenated alkanes) is 5. The van der Waals surface area contributed by atoms with Gasteiger partial charge in [0, 0.05) is 12.7 Å². The maximum absolute atomic E-state index is 13.5. The highest BCUT2D eigenvalue weighted by molar-refractivity contribution is 5.96. The molecule has 0 bridgehead atoms. The van der Waals surface area contributed by atoms with Crippen molar-refractivity contribution in [3.63, 3.8) is 0 Å². The van der Waals surface area contributed by atoms with Gasteiger partial charge < -0.3 is 14.6 Å². The number of carbonyl (C=O) groups excluding carboxylic acids is 1. The summed E-state index contributed by atoms with van der Waals surface area (Å²) in [6.07, 6.45) is 8.42. The zero-order chi connectivity index (χ0) is 26.4. The number of methoxy groups -OCH3 is 1. The van der Waals surface area contributed by atoms with Crippen molar-refractivity contribution < 1.29 is 9.53 Å². The fourth-order valence-corrected chi connectivity index (χ4v) is 4.54. The summed E-state index contributed by atoms with van der Waals surface area (Å²) in [4.78, 5) is 31.5. The van der Waals surface area contributed by atoms with Gasteiger partial charge in [0.25, 0.3) is 11.5 Å². The standard InChI is InChI=1S/C29H35N5O3/c1-4-5-6-7-8-9-16-31-28(35)23-18-24-27(32-26-20(2)11-10-17-33(26)29(24)36)34(25(23)30)19-21-12-14-22(37-3)15-13-21/h10-15,17-18,30H,4-9,16,19H2,1-3H3,(H,31,35). The van der Waals surface area contributed by atoms with Crippen LogP contribution < -0.4 is 21.1 Å². The quantitative estimate of drug-likeness (QED) is 0.232. The van der Waals surface area contributed by atoms with E-state index in [2.05, 4.69) is 12.2 Å². The number of hydrogen-bond acceptors (Lipinski definition) is 5. The van der Waals surface area contributed by atoms with Gasteiger partial charge in [0.1, 0.15) is 22.5 Å². The summed E-state index contributed by atoms with van der Waals surface area (Å²) in [7, 11) is 1.61. The van der Waals surface area contributed by atoms with Gasteiger partial charge in [-0.3, -0.25) is 19.4 Å². The molecule has 1 amide bonds. The summed E-state index contributed by atoms with van der Waals surface area (Å²) in [5.74, 6) is 0.378. The van der Waals surface area contributed by atoms with Crippen molar-refractivity contribution in [2.45, 2.75) is 58.9 Å². The molecule has 4 rings (SSSR count). The molecule has 0 aliphatic carbocycles. The van der Waals surface area contributed by atoms with Crippen LogP contribution in [-0.4, -0.2) is 33.5 Å². The Morgan fingerprint density at radius 1 is 1.05 bits per heavy atom. The molecule has 0 radical (unpaired) electrons. The zero-order valence-corrected chi connectivity index (χ0v) is 21.8.